The Hall–Kier alpha value is -2.03. The summed E-state index contributed by atoms with van der Waals surface area (Å²) in [5, 5.41) is 2.58. The quantitative estimate of drug-likeness (QED) is 0.608. The van der Waals surface area contributed by atoms with Crippen molar-refractivity contribution < 1.29 is 5.94 Å². The maximum absolute atomic E-state index is 8.33. The van der Waals surface area contributed by atoms with E-state index in [1.165, 1.54) is 16.1 Å². The Morgan fingerprint density at radius 3 is 2.68 bits per heavy atom. The fourth-order valence-corrected chi connectivity index (χ4v) is 3.23. The van der Waals surface area contributed by atoms with Gasteiger partial charge in [-0.3, -0.25) is 4.81 Å². The summed E-state index contributed by atoms with van der Waals surface area (Å²) in [4.78, 5) is 2.36. The molecule has 22 heavy (non-hydrogen) atoms. The lowest BCUT2D eigenvalue weighted by Gasteiger charge is -2.25. The van der Waals surface area contributed by atoms with Crippen molar-refractivity contribution in [2.24, 2.45) is 7.05 Å². The molecule has 0 saturated heterocycles. The van der Waals surface area contributed by atoms with Crippen LogP contribution in [-0.2, 0) is 7.05 Å². The highest BCUT2D eigenvalue weighted by atomic mass is 15.2. The number of aromatic nitrogens is 1. The molecule has 0 atom stereocenters. The average Bonchev–Trinajstić information content (AvgIpc) is 2.48. The first-order valence-electron chi connectivity index (χ1n) is 8.36. The van der Waals surface area contributed by atoms with Crippen molar-refractivity contribution in [1.82, 2.24) is 0 Å². The molecule has 1 aliphatic rings. The van der Waals surface area contributed by atoms with Crippen molar-refractivity contribution in [3.8, 4) is 0 Å². The number of aryl methyl sites for hydroxylation is 1. The summed E-state index contributed by atoms with van der Waals surface area (Å²) in [6.07, 6.45) is 2.06. The van der Waals surface area contributed by atoms with Crippen LogP contribution in [0.15, 0.2) is 42.6 Å². The fourth-order valence-electron chi connectivity index (χ4n) is 3.23. The van der Waals surface area contributed by atoms with Crippen LogP contribution >= 0.6 is 0 Å². The second kappa shape index (κ2) is 5.64. The number of rotatable bonds is 2. The van der Waals surface area contributed by atoms with E-state index < -0.39 is 5.89 Å². The molecule has 112 valence electrons. The molecule has 2 heterocycles. The summed E-state index contributed by atoms with van der Waals surface area (Å²) in [5.74, 6) is 2.83. The lowest BCUT2D eigenvalue weighted by molar-refractivity contribution is -0.658. The predicted molar refractivity (Wildman–Crippen MR) is 95.0 cm³/mol. The van der Waals surface area contributed by atoms with Crippen molar-refractivity contribution in [2.75, 3.05) is 4.81 Å². The van der Waals surface area contributed by atoms with Crippen LogP contribution in [0.1, 0.15) is 33.6 Å². The molecule has 0 spiro atoms. The van der Waals surface area contributed by atoms with Gasteiger partial charge >= 0.3 is 6.85 Å². The summed E-state index contributed by atoms with van der Waals surface area (Å²) >= 11 is 0. The zero-order valence-corrected chi connectivity index (χ0v) is 14.1. The lowest BCUT2D eigenvalue weighted by atomic mass is 9.60. The predicted octanol–water partition coefficient (Wildman–Crippen LogP) is 2.22. The van der Waals surface area contributed by atoms with Gasteiger partial charge in [0.1, 0.15) is 0 Å². The summed E-state index contributed by atoms with van der Waals surface area (Å²) in [6, 6.07) is 12.7. The standard InChI is InChI=1S/C19H24BN2/c1-14(2)16-10-11-21(5)19(12-16)22-15(3)18-9-7-6-8-17(18)13-20(22)4/h6-14H,1-5H3/q+1/i14D. The molecular weight excluding hydrogens is 267 g/mol. The molecule has 3 rings (SSSR count). The Labute approximate surface area is 134 Å². The van der Waals surface area contributed by atoms with Crippen molar-refractivity contribution >= 4 is 24.3 Å². The van der Waals surface area contributed by atoms with Crippen molar-refractivity contribution in [3.63, 3.8) is 0 Å². The number of hydrogen-bond acceptors (Lipinski definition) is 1. The topological polar surface area (TPSA) is 7.12 Å². The molecule has 0 radical (unpaired) electrons. The van der Waals surface area contributed by atoms with Crippen LogP contribution in [0.5, 0.6) is 0 Å². The minimum Gasteiger partial charge on any atom is -0.291 e. The van der Waals surface area contributed by atoms with Crippen LogP contribution in [0.4, 0.5) is 5.82 Å². The molecule has 1 aliphatic heterocycles. The van der Waals surface area contributed by atoms with Crippen molar-refractivity contribution in [1.29, 1.82) is 0 Å². The van der Waals surface area contributed by atoms with Gasteiger partial charge in [0, 0.05) is 12.7 Å². The van der Waals surface area contributed by atoms with Crippen LogP contribution in [-0.4, -0.2) is 6.85 Å². The molecule has 2 aromatic rings. The third-order valence-electron chi connectivity index (χ3n) is 4.49. The molecule has 2 nitrogen and oxygen atoms in total. The Morgan fingerprint density at radius 1 is 1.23 bits per heavy atom. The molecular formula is C19H24BN2+. The van der Waals surface area contributed by atoms with Gasteiger partial charge in [-0.2, -0.15) is 0 Å². The maximum Gasteiger partial charge on any atom is 0.402 e. The van der Waals surface area contributed by atoms with E-state index in [4.69, 9.17) is 1.37 Å². The normalized spacial score (nSPS) is 15.3. The third-order valence-corrected chi connectivity index (χ3v) is 4.49. The highest BCUT2D eigenvalue weighted by Gasteiger charge is 2.31. The highest BCUT2D eigenvalue weighted by molar-refractivity contribution is 6.77. The number of pyridine rings is 1. The first kappa shape index (κ1) is 13.6. The van der Waals surface area contributed by atoms with Crippen LogP contribution < -0.4 is 19.8 Å². The number of anilines is 1. The molecule has 1 aromatic carbocycles. The molecule has 0 aliphatic carbocycles. The van der Waals surface area contributed by atoms with Gasteiger partial charge < -0.3 is 0 Å². The zero-order chi connectivity index (χ0) is 16.8. The van der Waals surface area contributed by atoms with Crippen molar-refractivity contribution in [2.45, 2.75) is 33.5 Å². The molecule has 0 bridgehead atoms. The summed E-state index contributed by atoms with van der Waals surface area (Å²) in [7, 11) is 2.07. The Bertz CT molecular complexity index is 868. The molecule has 0 amide bonds. The maximum atomic E-state index is 8.33. The van der Waals surface area contributed by atoms with Gasteiger partial charge in [-0.05, 0) is 36.5 Å². The largest absolute Gasteiger partial charge is 0.402 e. The number of benzene rings is 1. The Morgan fingerprint density at radius 2 is 1.95 bits per heavy atom. The number of fused-ring (bicyclic) bond motifs is 1. The van der Waals surface area contributed by atoms with E-state index in [-0.39, 0.29) is 6.85 Å². The van der Waals surface area contributed by atoms with Crippen LogP contribution in [0.3, 0.4) is 0 Å². The number of nitrogens with zero attached hydrogens (tertiary/aromatic N) is 2. The monoisotopic (exact) mass is 292 g/mol. The Balaban J connectivity index is 2.22. The van der Waals surface area contributed by atoms with E-state index >= 15 is 0 Å². The second-order valence-corrected chi connectivity index (χ2v) is 6.33. The van der Waals surface area contributed by atoms with Crippen LogP contribution in [0.2, 0.25) is 6.82 Å². The van der Waals surface area contributed by atoms with Gasteiger partial charge in [0.05, 0.1) is 18.9 Å². The molecule has 0 unspecified atom stereocenters. The third kappa shape index (κ3) is 2.45. The van der Waals surface area contributed by atoms with Crippen LogP contribution in [0.25, 0.3) is 11.7 Å². The Kier molecular flexibility index (Phi) is 3.49. The molecule has 3 heteroatoms. The first-order valence-corrected chi connectivity index (χ1v) is 7.86. The molecule has 0 N–H and O–H groups in total. The number of hydrogen-bond donors (Lipinski definition) is 0. The summed E-state index contributed by atoms with van der Waals surface area (Å²) < 4.78 is 10.5. The van der Waals surface area contributed by atoms with Crippen LogP contribution in [0, 0.1) is 0 Å². The molecule has 0 saturated carbocycles. The van der Waals surface area contributed by atoms with E-state index in [1.54, 1.807) is 0 Å². The summed E-state index contributed by atoms with van der Waals surface area (Å²) in [6.45, 7) is 8.55. The van der Waals surface area contributed by atoms with Crippen molar-refractivity contribution in [3.05, 3.63) is 58.6 Å². The smallest absolute Gasteiger partial charge is 0.291 e. The van der Waals surface area contributed by atoms with E-state index in [2.05, 4.69) is 72.7 Å². The van der Waals surface area contributed by atoms with Gasteiger partial charge in [0.25, 0.3) is 5.82 Å². The van der Waals surface area contributed by atoms with E-state index in [0.29, 0.717) is 0 Å². The second-order valence-electron chi connectivity index (χ2n) is 6.33. The van der Waals surface area contributed by atoms with Gasteiger partial charge in [-0.25, -0.2) is 4.57 Å². The van der Waals surface area contributed by atoms with E-state index in [9.17, 15) is 0 Å². The minimum atomic E-state index is -0.600. The van der Waals surface area contributed by atoms with E-state index in [1.807, 2.05) is 19.9 Å². The highest BCUT2D eigenvalue weighted by Crippen LogP contribution is 2.23. The van der Waals surface area contributed by atoms with Gasteiger partial charge in [-0.15, -0.1) is 0 Å². The zero-order valence-electron chi connectivity index (χ0n) is 15.1. The molecule has 1 aromatic heterocycles. The minimum absolute atomic E-state index is 0.278. The molecule has 0 fully saturated rings. The SMILES string of the molecule is [2H]C(C)(C)c1cc[n+](C)c(N2B(C)C=c3ccccc3=C2C)c1. The lowest BCUT2D eigenvalue weighted by Crippen LogP contribution is -2.50. The van der Waals surface area contributed by atoms with Gasteiger partial charge in [0.2, 0.25) is 0 Å². The summed E-state index contributed by atoms with van der Waals surface area (Å²) in [5.41, 5.74) is 2.29. The van der Waals surface area contributed by atoms with E-state index in [0.717, 1.165) is 11.4 Å². The van der Waals surface area contributed by atoms with Gasteiger partial charge in [-0.1, -0.05) is 44.1 Å². The van der Waals surface area contributed by atoms with Gasteiger partial charge in [0.15, 0.2) is 0 Å². The fraction of sp³-hybridized carbons (Fsp3) is 0.316. The average molecular weight is 292 g/mol. The first-order chi connectivity index (χ1) is 10.8.